The van der Waals surface area contributed by atoms with Gasteiger partial charge in [0.25, 0.3) is 0 Å². The molecule has 1 heterocycles. The average Bonchev–Trinajstić information content (AvgIpc) is 2.93. The fraction of sp³-hybridized carbons (Fsp3) is 0.824. The lowest BCUT2D eigenvalue weighted by Gasteiger charge is -2.35. The Balaban J connectivity index is 2.12. The van der Waals surface area contributed by atoms with Gasteiger partial charge in [0.2, 0.25) is 5.91 Å². The normalized spacial score (nSPS) is 28.9. The van der Waals surface area contributed by atoms with Crippen molar-refractivity contribution in [3.05, 3.63) is 0 Å². The van der Waals surface area contributed by atoms with Crippen LogP contribution in [0.25, 0.3) is 0 Å². The quantitative estimate of drug-likeness (QED) is 0.648. The van der Waals surface area contributed by atoms with Crippen LogP contribution in [0.3, 0.4) is 0 Å². The monoisotopic (exact) mass is 340 g/mol. The molecule has 1 aliphatic heterocycles. The third-order valence-corrected chi connectivity index (χ3v) is 5.32. The van der Waals surface area contributed by atoms with Gasteiger partial charge in [0.1, 0.15) is 12.1 Å². The Kier molecular flexibility index (Phi) is 6.21. The second kappa shape index (κ2) is 7.96. The number of carbonyl (C=O) groups is 3. The number of carboxylic acid groups (broad SMARTS) is 2. The molecule has 2 aliphatic rings. The third kappa shape index (κ3) is 3.88. The molecule has 7 heteroatoms. The van der Waals surface area contributed by atoms with Gasteiger partial charge in [0.15, 0.2) is 0 Å². The van der Waals surface area contributed by atoms with Gasteiger partial charge in [-0.3, -0.25) is 14.9 Å². The molecular weight excluding hydrogens is 312 g/mol. The van der Waals surface area contributed by atoms with Crippen molar-refractivity contribution in [3.8, 4) is 0 Å². The molecular formula is C17H28N2O5. The molecule has 1 amide bonds. The zero-order chi connectivity index (χ0) is 17.9. The van der Waals surface area contributed by atoms with Crippen LogP contribution < -0.4 is 5.32 Å². The summed E-state index contributed by atoms with van der Waals surface area (Å²) in [5.74, 6) is -1.99. The molecule has 0 spiro atoms. The van der Waals surface area contributed by atoms with Crippen molar-refractivity contribution in [1.82, 2.24) is 10.2 Å². The molecule has 0 aromatic heterocycles. The van der Waals surface area contributed by atoms with E-state index in [9.17, 15) is 24.6 Å². The Labute approximate surface area is 142 Å². The van der Waals surface area contributed by atoms with E-state index in [-0.39, 0.29) is 17.9 Å². The Morgan fingerprint density at radius 1 is 1.21 bits per heavy atom. The fourth-order valence-corrected chi connectivity index (χ4v) is 4.16. The minimum atomic E-state index is -0.983. The zero-order valence-corrected chi connectivity index (χ0v) is 14.4. The summed E-state index contributed by atoms with van der Waals surface area (Å²) in [5.41, 5.74) is 0. The van der Waals surface area contributed by atoms with E-state index >= 15 is 0 Å². The maximum atomic E-state index is 12.9. The van der Waals surface area contributed by atoms with Gasteiger partial charge in [-0.05, 0) is 38.5 Å². The number of fused-ring (bicyclic) bond motifs is 1. The first-order valence-electron chi connectivity index (χ1n) is 8.90. The van der Waals surface area contributed by atoms with Crippen molar-refractivity contribution in [3.63, 3.8) is 0 Å². The van der Waals surface area contributed by atoms with E-state index in [1.807, 2.05) is 6.92 Å². The van der Waals surface area contributed by atoms with Gasteiger partial charge in [0.05, 0.1) is 6.04 Å². The van der Waals surface area contributed by atoms with E-state index in [0.29, 0.717) is 19.3 Å². The number of hydrogen-bond donors (Lipinski definition) is 3. The Morgan fingerprint density at radius 3 is 2.46 bits per heavy atom. The highest BCUT2D eigenvalue weighted by Crippen LogP contribution is 2.40. The Bertz CT molecular complexity index is 495. The van der Waals surface area contributed by atoms with E-state index in [4.69, 9.17) is 0 Å². The van der Waals surface area contributed by atoms with Gasteiger partial charge >= 0.3 is 11.9 Å². The summed E-state index contributed by atoms with van der Waals surface area (Å²) in [7, 11) is 0. The van der Waals surface area contributed by atoms with Crippen LogP contribution in [0.4, 0.5) is 0 Å². The number of hydrogen-bond acceptors (Lipinski definition) is 4. The van der Waals surface area contributed by atoms with Crippen LogP contribution in [0.2, 0.25) is 0 Å². The van der Waals surface area contributed by atoms with Crippen molar-refractivity contribution in [2.45, 2.75) is 83.0 Å². The van der Waals surface area contributed by atoms with Crippen molar-refractivity contribution < 1.29 is 24.6 Å². The van der Waals surface area contributed by atoms with Crippen LogP contribution in [-0.4, -0.2) is 57.1 Å². The third-order valence-electron chi connectivity index (χ3n) is 5.32. The van der Waals surface area contributed by atoms with Gasteiger partial charge in [-0.15, -0.1) is 0 Å². The Morgan fingerprint density at radius 2 is 1.88 bits per heavy atom. The summed E-state index contributed by atoms with van der Waals surface area (Å²) in [6.07, 6.45) is 5.53. The predicted molar refractivity (Wildman–Crippen MR) is 87.6 cm³/mol. The highest BCUT2D eigenvalue weighted by Gasteiger charge is 2.48. The SMILES string of the molecule is CCC[C@H](N[C@@H](C)C(=O)N1[C@H](C(=O)O)C[C@@H]2CCCC[C@@H]21)C(=O)O. The van der Waals surface area contributed by atoms with Crippen LogP contribution in [0, 0.1) is 5.92 Å². The molecule has 1 aliphatic carbocycles. The molecule has 0 unspecified atom stereocenters. The first-order valence-corrected chi connectivity index (χ1v) is 8.90. The summed E-state index contributed by atoms with van der Waals surface area (Å²) < 4.78 is 0. The second-order valence-corrected chi connectivity index (χ2v) is 7.01. The standard InChI is InChI=1S/C17H28N2O5/c1-3-6-12(16(21)22)18-10(2)15(20)19-13-8-5-4-7-11(13)9-14(19)17(23)24/h10-14,18H,3-9H2,1-2H3,(H,21,22)(H,23,24)/t10-,11-,12-,13-,14-/m0/s1. The van der Waals surface area contributed by atoms with E-state index in [2.05, 4.69) is 5.32 Å². The van der Waals surface area contributed by atoms with Gasteiger partial charge in [-0.1, -0.05) is 26.2 Å². The van der Waals surface area contributed by atoms with Crippen molar-refractivity contribution >= 4 is 17.8 Å². The summed E-state index contributed by atoms with van der Waals surface area (Å²) in [6, 6.07) is -2.31. The largest absolute Gasteiger partial charge is 0.480 e. The molecule has 1 saturated carbocycles. The van der Waals surface area contributed by atoms with Gasteiger partial charge in [0, 0.05) is 6.04 Å². The topological polar surface area (TPSA) is 107 Å². The minimum Gasteiger partial charge on any atom is -0.480 e. The van der Waals surface area contributed by atoms with Gasteiger partial charge in [-0.2, -0.15) is 0 Å². The summed E-state index contributed by atoms with van der Waals surface area (Å²) in [4.78, 5) is 37.3. The number of rotatable bonds is 7. The smallest absolute Gasteiger partial charge is 0.326 e. The van der Waals surface area contributed by atoms with Crippen LogP contribution in [0.1, 0.15) is 58.8 Å². The molecule has 0 aromatic rings. The van der Waals surface area contributed by atoms with Crippen molar-refractivity contribution in [1.29, 1.82) is 0 Å². The first kappa shape index (κ1) is 18.7. The summed E-state index contributed by atoms with van der Waals surface area (Å²) in [6.45, 7) is 3.51. The van der Waals surface area contributed by atoms with Crippen LogP contribution in [0.5, 0.6) is 0 Å². The molecule has 0 radical (unpaired) electrons. The van der Waals surface area contributed by atoms with Crippen LogP contribution in [0.15, 0.2) is 0 Å². The molecule has 136 valence electrons. The van der Waals surface area contributed by atoms with Gasteiger partial charge in [-0.25, -0.2) is 4.79 Å². The molecule has 1 saturated heterocycles. The maximum Gasteiger partial charge on any atom is 0.326 e. The van der Waals surface area contributed by atoms with Crippen molar-refractivity contribution in [2.24, 2.45) is 5.92 Å². The number of amides is 1. The molecule has 0 bridgehead atoms. The minimum absolute atomic E-state index is 0.0222. The molecule has 2 fully saturated rings. The first-order chi connectivity index (χ1) is 11.4. The van der Waals surface area contributed by atoms with E-state index in [0.717, 1.165) is 25.7 Å². The number of likely N-dealkylation sites (tertiary alicyclic amines) is 1. The molecule has 24 heavy (non-hydrogen) atoms. The molecule has 3 N–H and O–H groups in total. The lowest BCUT2D eigenvalue weighted by molar-refractivity contribution is -0.151. The van der Waals surface area contributed by atoms with E-state index < -0.39 is 30.1 Å². The summed E-state index contributed by atoms with van der Waals surface area (Å²) >= 11 is 0. The lowest BCUT2D eigenvalue weighted by Crippen LogP contribution is -2.55. The fourth-order valence-electron chi connectivity index (χ4n) is 4.16. The van der Waals surface area contributed by atoms with Crippen LogP contribution >= 0.6 is 0 Å². The number of nitrogens with one attached hydrogen (secondary N) is 1. The predicted octanol–water partition coefficient (Wildman–Crippen LogP) is 1.46. The Hall–Kier alpha value is -1.63. The van der Waals surface area contributed by atoms with Gasteiger partial charge < -0.3 is 15.1 Å². The number of aliphatic carboxylic acids is 2. The highest BCUT2D eigenvalue weighted by molar-refractivity contribution is 5.88. The molecule has 2 rings (SSSR count). The zero-order valence-electron chi connectivity index (χ0n) is 14.4. The van der Waals surface area contributed by atoms with Crippen LogP contribution in [-0.2, 0) is 14.4 Å². The summed E-state index contributed by atoms with van der Waals surface area (Å²) in [5, 5.41) is 21.6. The number of carbonyl (C=O) groups excluding carboxylic acids is 1. The maximum absolute atomic E-state index is 12.9. The van der Waals surface area contributed by atoms with Crippen molar-refractivity contribution in [2.75, 3.05) is 0 Å². The highest BCUT2D eigenvalue weighted by atomic mass is 16.4. The van der Waals surface area contributed by atoms with E-state index in [1.165, 1.54) is 4.90 Å². The molecule has 7 nitrogen and oxygen atoms in total. The number of carboxylic acids is 2. The molecule has 5 atom stereocenters. The molecule has 0 aromatic carbocycles. The number of nitrogens with zero attached hydrogens (tertiary/aromatic N) is 1. The second-order valence-electron chi connectivity index (χ2n) is 7.01. The lowest BCUT2D eigenvalue weighted by atomic mass is 9.84. The van der Waals surface area contributed by atoms with E-state index in [1.54, 1.807) is 6.92 Å². The average molecular weight is 340 g/mol.